The van der Waals surface area contributed by atoms with Crippen molar-refractivity contribution in [3.8, 4) is 16.9 Å². The van der Waals surface area contributed by atoms with E-state index in [1.54, 1.807) is 0 Å². The standard InChI is InChI=1S/C28H30FIN8O/c1-18(2)36-10-9-35(8-6-30)24-11-22(14-31-16-24)26-17-37(38(26)36)25-12-23(15-33-20(25)4)28(39)34-27-13-21(19(3)29)5-7-32-27/h5,7,11-18H,3,6,8-10H2,1-2,4H3,(H,32,34,39). The van der Waals surface area contributed by atoms with Gasteiger partial charge in [0.1, 0.15) is 17.3 Å². The monoisotopic (exact) mass is 640 g/mol. The van der Waals surface area contributed by atoms with E-state index in [1.807, 2.05) is 36.3 Å². The minimum atomic E-state index is -0.593. The second kappa shape index (κ2) is 11.2. The number of pyridine rings is 3. The average Bonchev–Trinajstić information content (AvgIpc) is 2.93. The number of fused-ring (bicyclic) bond motifs is 4. The number of aromatic nitrogens is 5. The van der Waals surface area contributed by atoms with E-state index in [9.17, 15) is 9.18 Å². The summed E-state index contributed by atoms with van der Waals surface area (Å²) in [6.07, 6.45) is 8.81. The summed E-state index contributed by atoms with van der Waals surface area (Å²) in [5.74, 6) is -0.748. The van der Waals surface area contributed by atoms with Crippen LogP contribution in [0.25, 0.3) is 22.8 Å². The van der Waals surface area contributed by atoms with Crippen LogP contribution >= 0.6 is 22.6 Å². The molecule has 1 amide bonds. The van der Waals surface area contributed by atoms with Crippen molar-refractivity contribution in [3.05, 3.63) is 78.6 Å². The fourth-order valence-corrected chi connectivity index (χ4v) is 5.23. The first kappa shape index (κ1) is 26.9. The first-order valence-electron chi connectivity index (χ1n) is 12.7. The largest absolute Gasteiger partial charge is 0.368 e. The number of carbonyl (C=O) groups excluding carboxylic acids is 1. The summed E-state index contributed by atoms with van der Waals surface area (Å²) in [6.45, 7) is 12.2. The van der Waals surface area contributed by atoms with E-state index in [-0.39, 0.29) is 23.3 Å². The van der Waals surface area contributed by atoms with Gasteiger partial charge >= 0.3 is 0 Å². The zero-order valence-corrected chi connectivity index (χ0v) is 24.3. The molecule has 5 rings (SSSR count). The van der Waals surface area contributed by atoms with Gasteiger partial charge in [0.25, 0.3) is 5.91 Å². The van der Waals surface area contributed by atoms with Crippen LogP contribution in [0, 0.1) is 6.92 Å². The molecule has 4 aromatic rings. The van der Waals surface area contributed by atoms with E-state index in [2.05, 4.69) is 84.1 Å². The van der Waals surface area contributed by atoms with Gasteiger partial charge in [-0.05, 0) is 45.0 Å². The number of carbonyl (C=O) groups is 1. The van der Waals surface area contributed by atoms with Crippen LogP contribution in [0.15, 0.2) is 61.8 Å². The van der Waals surface area contributed by atoms with Gasteiger partial charge in [0, 0.05) is 53.3 Å². The minimum absolute atomic E-state index is 0.213. The van der Waals surface area contributed by atoms with Crippen molar-refractivity contribution in [2.75, 3.05) is 39.3 Å². The van der Waals surface area contributed by atoms with Gasteiger partial charge in [-0.25, -0.2) is 14.1 Å². The molecule has 0 saturated heterocycles. The van der Waals surface area contributed by atoms with Crippen molar-refractivity contribution >= 4 is 45.8 Å². The second-order valence-corrected chi connectivity index (χ2v) is 10.7. The molecular formula is C28H30FIN8O. The zero-order chi connectivity index (χ0) is 27.7. The van der Waals surface area contributed by atoms with Crippen molar-refractivity contribution in [2.45, 2.75) is 26.8 Å². The molecule has 0 aromatic carbocycles. The Labute approximate surface area is 240 Å². The van der Waals surface area contributed by atoms with E-state index in [0.717, 1.165) is 52.4 Å². The predicted octanol–water partition coefficient (Wildman–Crippen LogP) is 5.23. The predicted molar refractivity (Wildman–Crippen MR) is 161 cm³/mol. The summed E-state index contributed by atoms with van der Waals surface area (Å²) >= 11 is 2.41. The molecule has 0 spiro atoms. The number of hydrogen-bond acceptors (Lipinski definition) is 6. The highest BCUT2D eigenvalue weighted by molar-refractivity contribution is 14.1. The Morgan fingerprint density at radius 1 is 1.15 bits per heavy atom. The van der Waals surface area contributed by atoms with Crippen LogP contribution in [-0.2, 0) is 0 Å². The number of nitrogens with one attached hydrogen (secondary N) is 1. The lowest BCUT2D eigenvalue weighted by molar-refractivity contribution is 0.102. The van der Waals surface area contributed by atoms with Crippen molar-refractivity contribution in [2.24, 2.45) is 0 Å². The van der Waals surface area contributed by atoms with Gasteiger partial charge in [0.15, 0.2) is 0 Å². The van der Waals surface area contributed by atoms with E-state index in [4.69, 9.17) is 0 Å². The molecule has 2 bridgehead atoms. The van der Waals surface area contributed by atoms with Gasteiger partial charge in [-0.2, -0.15) is 4.79 Å². The Morgan fingerprint density at radius 3 is 2.72 bits per heavy atom. The van der Waals surface area contributed by atoms with E-state index >= 15 is 0 Å². The Bertz CT molecular complexity index is 1530. The first-order chi connectivity index (χ1) is 18.8. The molecular weight excluding hydrogens is 610 g/mol. The molecule has 0 radical (unpaired) electrons. The van der Waals surface area contributed by atoms with Crippen LogP contribution in [0.3, 0.4) is 0 Å². The number of anilines is 2. The molecule has 0 fully saturated rings. The maximum atomic E-state index is 13.6. The van der Waals surface area contributed by atoms with Crippen LogP contribution in [-0.4, -0.2) is 60.4 Å². The zero-order valence-electron chi connectivity index (χ0n) is 22.1. The summed E-state index contributed by atoms with van der Waals surface area (Å²) in [6, 6.07) is 7.15. The molecule has 0 aliphatic carbocycles. The molecule has 5 heterocycles. The fourth-order valence-electron chi connectivity index (χ4n) is 4.65. The van der Waals surface area contributed by atoms with Crippen molar-refractivity contribution < 1.29 is 9.18 Å². The van der Waals surface area contributed by atoms with E-state index in [1.165, 1.54) is 24.5 Å². The maximum absolute atomic E-state index is 13.6. The van der Waals surface area contributed by atoms with Gasteiger partial charge < -0.3 is 10.2 Å². The lowest BCUT2D eigenvalue weighted by atomic mass is 10.1. The number of aryl methyl sites for hydroxylation is 1. The Kier molecular flexibility index (Phi) is 7.69. The quantitative estimate of drug-likeness (QED) is 0.220. The van der Waals surface area contributed by atoms with Gasteiger partial charge in [0.05, 0.1) is 41.6 Å². The molecule has 0 unspecified atom stereocenters. The summed E-state index contributed by atoms with van der Waals surface area (Å²) in [7, 11) is 0. The fraction of sp³-hybridized carbons (Fsp3) is 0.286. The molecule has 1 aliphatic heterocycles. The molecule has 1 aliphatic rings. The van der Waals surface area contributed by atoms with Crippen molar-refractivity contribution in [1.82, 2.24) is 24.4 Å². The van der Waals surface area contributed by atoms with Gasteiger partial charge in [0.2, 0.25) is 0 Å². The lowest BCUT2D eigenvalue weighted by Gasteiger charge is -2.39. The van der Waals surface area contributed by atoms with Crippen LogP contribution < -0.4 is 15.2 Å². The smallest absolute Gasteiger partial charge is 0.258 e. The summed E-state index contributed by atoms with van der Waals surface area (Å²) in [5.41, 5.74) is 5.34. The number of amides is 1. The van der Waals surface area contributed by atoms with Gasteiger partial charge in [-0.15, -0.1) is 0 Å². The summed E-state index contributed by atoms with van der Waals surface area (Å²) < 4.78 is 16.6. The first-order valence-corrected chi connectivity index (χ1v) is 14.2. The van der Waals surface area contributed by atoms with E-state index in [0.29, 0.717) is 5.56 Å². The van der Waals surface area contributed by atoms with Gasteiger partial charge in [-0.3, -0.25) is 19.8 Å². The highest BCUT2D eigenvalue weighted by Crippen LogP contribution is 2.31. The molecule has 11 heteroatoms. The average molecular weight is 641 g/mol. The Balaban J connectivity index is 1.52. The summed E-state index contributed by atoms with van der Waals surface area (Å²) in [5, 5.41) is 5.05. The number of rotatable bonds is 7. The number of nitrogens with zero attached hydrogens (tertiary/aromatic N) is 7. The van der Waals surface area contributed by atoms with Gasteiger partial charge in [-0.1, -0.05) is 29.2 Å². The third-order valence-corrected chi connectivity index (χ3v) is 7.21. The number of alkyl halides is 1. The Hall–Kier alpha value is -3.74. The van der Waals surface area contributed by atoms with Crippen LogP contribution in [0.2, 0.25) is 0 Å². The summed E-state index contributed by atoms with van der Waals surface area (Å²) in [4.78, 5) is 30.8. The molecule has 0 atom stereocenters. The third kappa shape index (κ3) is 5.40. The number of hydrogen-bond donors (Lipinski definition) is 1. The third-order valence-electron chi connectivity index (χ3n) is 6.73. The number of halogens is 2. The van der Waals surface area contributed by atoms with Crippen LogP contribution in [0.1, 0.15) is 35.5 Å². The molecule has 9 nitrogen and oxygen atoms in total. The van der Waals surface area contributed by atoms with Crippen LogP contribution in [0.5, 0.6) is 0 Å². The highest BCUT2D eigenvalue weighted by Gasteiger charge is 2.26. The molecule has 39 heavy (non-hydrogen) atoms. The normalized spacial score (nSPS) is 13.1. The SMILES string of the molecule is C=C(F)c1ccnc(NC(=O)c2cnc(C)c(-n3cc4n3N(C(C)C)CCN(CCI)c3cncc-4c3)c2)c1. The van der Waals surface area contributed by atoms with E-state index < -0.39 is 5.83 Å². The van der Waals surface area contributed by atoms with Crippen molar-refractivity contribution in [3.63, 3.8) is 0 Å². The molecule has 1 N–H and O–H groups in total. The Morgan fingerprint density at radius 2 is 1.97 bits per heavy atom. The second-order valence-electron chi connectivity index (χ2n) is 9.63. The molecule has 4 aromatic heterocycles. The minimum Gasteiger partial charge on any atom is -0.368 e. The van der Waals surface area contributed by atoms with Crippen molar-refractivity contribution in [1.29, 1.82) is 0 Å². The molecule has 0 saturated carbocycles. The van der Waals surface area contributed by atoms with Crippen LogP contribution in [0.4, 0.5) is 15.9 Å². The lowest BCUT2D eigenvalue weighted by Crippen LogP contribution is -2.50. The highest BCUT2D eigenvalue weighted by atomic mass is 127. The topological polar surface area (TPSA) is 84.1 Å². The molecule has 202 valence electrons. The maximum Gasteiger partial charge on any atom is 0.258 e.